The standard InChI is InChI=1S/C36H25N3O/c1-22-18-20-24(21-19-22)34-37-23(2)38-35(39-34)26-11-9-15-30-33(26)25-10-3-4-12-27(25)36(30)28-13-5-7-16-31(28)40-32-17-8-6-14-29(32)36/h3-21H,1-2H3. The van der Waals surface area contributed by atoms with Gasteiger partial charge in [0.25, 0.3) is 0 Å². The normalized spacial score (nSPS) is 13.7. The Hall–Kier alpha value is -5.09. The maximum absolute atomic E-state index is 6.46. The zero-order valence-electron chi connectivity index (χ0n) is 22.2. The number of aryl methyl sites for hydroxylation is 2. The summed E-state index contributed by atoms with van der Waals surface area (Å²) < 4.78 is 6.46. The Bertz CT molecular complexity index is 1910. The van der Waals surface area contributed by atoms with Crippen molar-refractivity contribution in [3.63, 3.8) is 0 Å². The van der Waals surface area contributed by atoms with Gasteiger partial charge in [-0.15, -0.1) is 0 Å². The van der Waals surface area contributed by atoms with E-state index in [9.17, 15) is 0 Å². The second-order valence-corrected chi connectivity index (χ2v) is 10.5. The first kappa shape index (κ1) is 22.9. The lowest BCUT2D eigenvalue weighted by Gasteiger charge is -2.39. The van der Waals surface area contributed by atoms with Crippen molar-refractivity contribution in [3.05, 3.63) is 149 Å². The zero-order valence-corrected chi connectivity index (χ0v) is 22.2. The maximum Gasteiger partial charge on any atom is 0.164 e. The van der Waals surface area contributed by atoms with Crippen LogP contribution in [0.15, 0.2) is 115 Å². The average molecular weight is 516 g/mol. The van der Waals surface area contributed by atoms with Gasteiger partial charge in [-0.3, -0.25) is 0 Å². The molecule has 0 saturated heterocycles. The van der Waals surface area contributed by atoms with Crippen molar-refractivity contribution in [2.45, 2.75) is 19.3 Å². The third-order valence-electron chi connectivity index (χ3n) is 8.17. The monoisotopic (exact) mass is 515 g/mol. The summed E-state index contributed by atoms with van der Waals surface area (Å²) in [6.45, 7) is 4.02. The van der Waals surface area contributed by atoms with E-state index in [1.165, 1.54) is 22.3 Å². The fourth-order valence-corrected chi connectivity index (χ4v) is 6.52. The summed E-state index contributed by atoms with van der Waals surface area (Å²) in [5, 5.41) is 0. The molecule has 4 nitrogen and oxygen atoms in total. The molecule has 1 aromatic heterocycles. The van der Waals surface area contributed by atoms with Gasteiger partial charge in [-0.2, -0.15) is 0 Å². The Balaban J connectivity index is 1.45. The topological polar surface area (TPSA) is 47.9 Å². The van der Waals surface area contributed by atoms with Crippen LogP contribution in [0.2, 0.25) is 0 Å². The largest absolute Gasteiger partial charge is 0.457 e. The number of aromatic nitrogens is 3. The highest BCUT2D eigenvalue weighted by molar-refractivity contribution is 5.95. The van der Waals surface area contributed by atoms with E-state index in [0.29, 0.717) is 17.5 Å². The van der Waals surface area contributed by atoms with Crippen molar-refractivity contribution in [1.29, 1.82) is 0 Å². The molecule has 1 spiro atoms. The van der Waals surface area contributed by atoms with Crippen molar-refractivity contribution in [3.8, 4) is 45.4 Å². The molecule has 0 amide bonds. The van der Waals surface area contributed by atoms with E-state index in [2.05, 4.69) is 110 Å². The van der Waals surface area contributed by atoms with Gasteiger partial charge in [0.2, 0.25) is 0 Å². The minimum atomic E-state index is -0.519. The number of para-hydroxylation sites is 2. The summed E-state index contributed by atoms with van der Waals surface area (Å²) in [5.41, 5.74) is 9.75. The minimum Gasteiger partial charge on any atom is -0.457 e. The molecule has 1 aliphatic heterocycles. The highest BCUT2D eigenvalue weighted by atomic mass is 16.5. The molecule has 0 fully saturated rings. The maximum atomic E-state index is 6.46. The van der Waals surface area contributed by atoms with E-state index in [0.717, 1.165) is 39.3 Å². The van der Waals surface area contributed by atoms with Crippen LogP contribution < -0.4 is 4.74 Å². The molecular weight excluding hydrogens is 490 g/mol. The molecule has 5 aromatic carbocycles. The summed E-state index contributed by atoms with van der Waals surface area (Å²) in [6, 6.07) is 40.4. The Morgan fingerprint density at radius 3 is 1.80 bits per heavy atom. The third-order valence-corrected chi connectivity index (χ3v) is 8.17. The van der Waals surface area contributed by atoms with E-state index < -0.39 is 5.41 Å². The van der Waals surface area contributed by atoms with Crippen LogP contribution in [-0.4, -0.2) is 15.0 Å². The van der Waals surface area contributed by atoms with E-state index >= 15 is 0 Å². The Morgan fingerprint density at radius 1 is 0.500 bits per heavy atom. The van der Waals surface area contributed by atoms with Gasteiger partial charge < -0.3 is 4.74 Å². The lowest BCUT2D eigenvalue weighted by Crippen LogP contribution is -2.32. The number of rotatable bonds is 2. The van der Waals surface area contributed by atoms with E-state index in [4.69, 9.17) is 19.7 Å². The van der Waals surface area contributed by atoms with Crippen molar-refractivity contribution < 1.29 is 4.74 Å². The molecule has 0 radical (unpaired) electrons. The number of hydrogen-bond acceptors (Lipinski definition) is 4. The van der Waals surface area contributed by atoms with Gasteiger partial charge >= 0.3 is 0 Å². The molecule has 190 valence electrons. The molecule has 1 aliphatic carbocycles. The molecule has 40 heavy (non-hydrogen) atoms. The smallest absolute Gasteiger partial charge is 0.164 e. The van der Waals surface area contributed by atoms with Crippen LogP contribution in [0.4, 0.5) is 0 Å². The molecule has 0 N–H and O–H groups in total. The van der Waals surface area contributed by atoms with Crippen LogP contribution in [-0.2, 0) is 5.41 Å². The van der Waals surface area contributed by atoms with Gasteiger partial charge in [0.05, 0.1) is 5.41 Å². The third kappa shape index (κ3) is 3.10. The molecule has 8 rings (SSSR count). The molecule has 0 saturated carbocycles. The van der Waals surface area contributed by atoms with Crippen LogP contribution in [0.3, 0.4) is 0 Å². The first-order chi connectivity index (χ1) is 19.6. The molecular formula is C36H25N3O. The van der Waals surface area contributed by atoms with Crippen molar-refractivity contribution in [2.24, 2.45) is 0 Å². The van der Waals surface area contributed by atoms with Gasteiger partial charge in [0.1, 0.15) is 17.3 Å². The summed E-state index contributed by atoms with van der Waals surface area (Å²) in [6.07, 6.45) is 0. The number of fused-ring (bicyclic) bond motifs is 9. The van der Waals surface area contributed by atoms with E-state index in [1.54, 1.807) is 0 Å². The first-order valence-electron chi connectivity index (χ1n) is 13.5. The number of benzene rings is 5. The lowest BCUT2D eigenvalue weighted by atomic mass is 9.66. The lowest BCUT2D eigenvalue weighted by molar-refractivity contribution is 0.436. The fraction of sp³-hybridized carbons (Fsp3) is 0.0833. The Morgan fingerprint density at radius 2 is 1.07 bits per heavy atom. The van der Waals surface area contributed by atoms with Crippen molar-refractivity contribution >= 4 is 0 Å². The first-order valence-corrected chi connectivity index (χ1v) is 13.5. The number of nitrogens with zero attached hydrogens (tertiary/aromatic N) is 3. The van der Waals surface area contributed by atoms with Gasteiger partial charge in [0.15, 0.2) is 11.6 Å². The van der Waals surface area contributed by atoms with Crippen LogP contribution in [0.1, 0.15) is 33.6 Å². The molecule has 2 aliphatic rings. The van der Waals surface area contributed by atoms with E-state index in [1.807, 2.05) is 19.1 Å². The molecule has 0 unspecified atom stereocenters. The average Bonchev–Trinajstić information content (AvgIpc) is 3.28. The van der Waals surface area contributed by atoms with Crippen LogP contribution in [0, 0.1) is 13.8 Å². The summed E-state index contributed by atoms with van der Waals surface area (Å²) >= 11 is 0. The highest BCUT2D eigenvalue weighted by Crippen LogP contribution is 2.63. The van der Waals surface area contributed by atoms with Gasteiger partial charge in [-0.1, -0.05) is 109 Å². The Kier molecular flexibility index (Phi) is 4.83. The van der Waals surface area contributed by atoms with Crippen molar-refractivity contribution in [1.82, 2.24) is 15.0 Å². The summed E-state index contributed by atoms with van der Waals surface area (Å²) in [5.74, 6) is 3.82. The number of hydrogen-bond donors (Lipinski definition) is 0. The summed E-state index contributed by atoms with van der Waals surface area (Å²) in [7, 11) is 0. The van der Waals surface area contributed by atoms with E-state index in [-0.39, 0.29) is 0 Å². The van der Waals surface area contributed by atoms with Crippen LogP contribution in [0.25, 0.3) is 33.9 Å². The molecule has 0 bridgehead atoms. The fourth-order valence-electron chi connectivity index (χ4n) is 6.52. The SMILES string of the molecule is Cc1ccc(-c2nc(C)nc(-c3cccc4c3-c3ccccc3C43c4ccccc4Oc4ccccc43)n2)cc1. The van der Waals surface area contributed by atoms with Gasteiger partial charge in [-0.25, -0.2) is 15.0 Å². The molecule has 6 aromatic rings. The zero-order chi connectivity index (χ0) is 26.8. The number of ether oxygens (including phenoxy) is 1. The second kappa shape index (κ2) is 8.45. The van der Waals surface area contributed by atoms with Crippen molar-refractivity contribution in [2.75, 3.05) is 0 Å². The molecule has 2 heterocycles. The predicted molar refractivity (Wildman–Crippen MR) is 158 cm³/mol. The second-order valence-electron chi connectivity index (χ2n) is 10.5. The van der Waals surface area contributed by atoms with Gasteiger partial charge in [0, 0.05) is 22.3 Å². The predicted octanol–water partition coefficient (Wildman–Crippen LogP) is 8.29. The van der Waals surface area contributed by atoms with Crippen LogP contribution >= 0.6 is 0 Å². The minimum absolute atomic E-state index is 0.519. The Labute approximate surface area is 233 Å². The summed E-state index contributed by atoms with van der Waals surface area (Å²) in [4.78, 5) is 14.6. The molecule has 4 heteroatoms. The quantitative estimate of drug-likeness (QED) is 0.232. The van der Waals surface area contributed by atoms with Crippen LogP contribution in [0.5, 0.6) is 11.5 Å². The highest BCUT2D eigenvalue weighted by Gasteiger charge is 2.51. The molecule has 0 atom stereocenters. The van der Waals surface area contributed by atoms with Gasteiger partial charge in [-0.05, 0) is 48.2 Å².